The molecule has 1 aliphatic carbocycles. The molecule has 0 unspecified atom stereocenters. The topological polar surface area (TPSA) is 26.3 Å². The third kappa shape index (κ3) is 2.22. The standard InChI is InChI=1S/C9H12O2/c1-7(2)9(10)11-8-5-3-4-6-8/h3-4,8H,1,5-6H2,2H3. The Kier molecular flexibility index (Phi) is 2.47. The molecule has 1 rings (SSSR count). The van der Waals surface area contributed by atoms with Crippen LogP contribution in [0.4, 0.5) is 0 Å². The molecule has 0 heterocycles. The van der Waals surface area contributed by atoms with Gasteiger partial charge in [-0.15, -0.1) is 0 Å². The maximum absolute atomic E-state index is 10.9. The maximum atomic E-state index is 10.9. The predicted molar refractivity (Wildman–Crippen MR) is 43.1 cm³/mol. The van der Waals surface area contributed by atoms with Gasteiger partial charge in [0.1, 0.15) is 6.10 Å². The molecular formula is C9H12O2. The third-order valence-corrected chi connectivity index (χ3v) is 1.59. The predicted octanol–water partition coefficient (Wildman–Crippen LogP) is 1.82. The van der Waals surface area contributed by atoms with Crippen LogP contribution in [0.2, 0.25) is 0 Å². The van der Waals surface area contributed by atoms with Crippen molar-refractivity contribution in [2.45, 2.75) is 25.9 Å². The lowest BCUT2D eigenvalue weighted by atomic mass is 10.3. The van der Waals surface area contributed by atoms with Crippen LogP contribution < -0.4 is 0 Å². The van der Waals surface area contributed by atoms with E-state index in [0.29, 0.717) is 5.57 Å². The largest absolute Gasteiger partial charge is 0.458 e. The first kappa shape index (κ1) is 8.05. The quantitative estimate of drug-likeness (QED) is 0.343. The van der Waals surface area contributed by atoms with E-state index in [0.717, 1.165) is 12.8 Å². The Labute approximate surface area is 66.5 Å². The molecule has 0 fully saturated rings. The second-order valence-electron chi connectivity index (χ2n) is 2.75. The van der Waals surface area contributed by atoms with Gasteiger partial charge in [-0.25, -0.2) is 4.79 Å². The van der Waals surface area contributed by atoms with Crippen LogP contribution in [0, 0.1) is 0 Å². The Morgan fingerprint density at radius 3 is 2.55 bits per heavy atom. The van der Waals surface area contributed by atoms with E-state index < -0.39 is 0 Å². The second-order valence-corrected chi connectivity index (χ2v) is 2.75. The SMILES string of the molecule is C=C(C)C(=O)OC1CC=CC1. The molecule has 2 heteroatoms. The van der Waals surface area contributed by atoms with Crippen molar-refractivity contribution in [2.24, 2.45) is 0 Å². The van der Waals surface area contributed by atoms with E-state index in [1.54, 1.807) is 6.92 Å². The summed E-state index contributed by atoms with van der Waals surface area (Å²) in [6.07, 6.45) is 5.80. The summed E-state index contributed by atoms with van der Waals surface area (Å²) < 4.78 is 5.07. The number of rotatable bonds is 2. The molecule has 0 aromatic rings. The molecule has 0 spiro atoms. The van der Waals surface area contributed by atoms with Crippen molar-refractivity contribution in [1.29, 1.82) is 0 Å². The van der Waals surface area contributed by atoms with Gasteiger partial charge in [0, 0.05) is 18.4 Å². The molecule has 11 heavy (non-hydrogen) atoms. The number of carbonyl (C=O) groups is 1. The minimum Gasteiger partial charge on any atom is -0.458 e. The van der Waals surface area contributed by atoms with Crippen LogP contribution in [-0.4, -0.2) is 12.1 Å². The Morgan fingerprint density at radius 2 is 2.09 bits per heavy atom. The van der Waals surface area contributed by atoms with Crippen molar-refractivity contribution in [1.82, 2.24) is 0 Å². The van der Waals surface area contributed by atoms with Gasteiger partial charge in [0.25, 0.3) is 0 Å². The smallest absolute Gasteiger partial charge is 0.333 e. The summed E-state index contributed by atoms with van der Waals surface area (Å²) in [4.78, 5) is 10.9. The number of carbonyl (C=O) groups excluding carboxylic acids is 1. The second kappa shape index (κ2) is 3.37. The fourth-order valence-electron chi connectivity index (χ4n) is 0.940. The fraction of sp³-hybridized carbons (Fsp3) is 0.444. The summed E-state index contributed by atoms with van der Waals surface area (Å²) in [7, 11) is 0. The summed E-state index contributed by atoms with van der Waals surface area (Å²) in [5.74, 6) is -0.279. The van der Waals surface area contributed by atoms with E-state index >= 15 is 0 Å². The van der Waals surface area contributed by atoms with Crippen molar-refractivity contribution >= 4 is 5.97 Å². The summed E-state index contributed by atoms with van der Waals surface area (Å²) in [6.45, 7) is 5.16. The molecule has 0 N–H and O–H groups in total. The molecule has 0 atom stereocenters. The lowest BCUT2D eigenvalue weighted by molar-refractivity contribution is -0.143. The molecule has 0 saturated heterocycles. The first-order chi connectivity index (χ1) is 5.20. The molecular weight excluding hydrogens is 140 g/mol. The van der Waals surface area contributed by atoms with Crippen molar-refractivity contribution in [3.63, 3.8) is 0 Å². The van der Waals surface area contributed by atoms with Crippen LogP contribution >= 0.6 is 0 Å². The number of hydrogen-bond donors (Lipinski definition) is 0. The van der Waals surface area contributed by atoms with Crippen LogP contribution in [0.15, 0.2) is 24.3 Å². The van der Waals surface area contributed by atoms with Gasteiger partial charge in [0.05, 0.1) is 0 Å². The van der Waals surface area contributed by atoms with Crippen LogP contribution in [0.5, 0.6) is 0 Å². The van der Waals surface area contributed by atoms with Gasteiger partial charge in [0.2, 0.25) is 0 Å². The molecule has 1 aliphatic rings. The minimum atomic E-state index is -0.279. The molecule has 0 bridgehead atoms. The third-order valence-electron chi connectivity index (χ3n) is 1.59. The number of esters is 1. The van der Waals surface area contributed by atoms with Crippen molar-refractivity contribution in [2.75, 3.05) is 0 Å². The molecule has 0 saturated carbocycles. The average Bonchev–Trinajstić information content (AvgIpc) is 2.39. The van der Waals surface area contributed by atoms with Gasteiger partial charge in [-0.05, 0) is 6.92 Å². The van der Waals surface area contributed by atoms with Crippen molar-refractivity contribution < 1.29 is 9.53 Å². The van der Waals surface area contributed by atoms with E-state index in [1.807, 2.05) is 12.2 Å². The highest BCUT2D eigenvalue weighted by Crippen LogP contribution is 2.14. The van der Waals surface area contributed by atoms with E-state index in [9.17, 15) is 4.79 Å². The van der Waals surface area contributed by atoms with Crippen molar-refractivity contribution in [3.8, 4) is 0 Å². The summed E-state index contributed by atoms with van der Waals surface area (Å²) in [5.41, 5.74) is 0.469. The Bertz CT molecular complexity index is 196. The van der Waals surface area contributed by atoms with E-state index in [2.05, 4.69) is 6.58 Å². The summed E-state index contributed by atoms with van der Waals surface area (Å²) in [6, 6.07) is 0. The van der Waals surface area contributed by atoms with Crippen LogP contribution in [-0.2, 0) is 9.53 Å². The van der Waals surface area contributed by atoms with E-state index in [4.69, 9.17) is 4.74 Å². The normalized spacial score (nSPS) is 16.8. The minimum absolute atomic E-state index is 0.0548. The van der Waals surface area contributed by atoms with Crippen LogP contribution in [0.3, 0.4) is 0 Å². The lowest BCUT2D eigenvalue weighted by Gasteiger charge is -2.10. The molecule has 0 radical (unpaired) electrons. The van der Waals surface area contributed by atoms with Gasteiger partial charge in [-0.3, -0.25) is 0 Å². The maximum Gasteiger partial charge on any atom is 0.333 e. The van der Waals surface area contributed by atoms with Gasteiger partial charge in [0.15, 0.2) is 0 Å². The first-order valence-corrected chi connectivity index (χ1v) is 3.71. The Morgan fingerprint density at radius 1 is 1.55 bits per heavy atom. The molecule has 2 nitrogen and oxygen atoms in total. The molecule has 0 aromatic heterocycles. The molecule has 0 amide bonds. The average molecular weight is 152 g/mol. The summed E-state index contributed by atoms with van der Waals surface area (Å²) in [5, 5.41) is 0. The van der Waals surface area contributed by atoms with Crippen LogP contribution in [0.1, 0.15) is 19.8 Å². The first-order valence-electron chi connectivity index (χ1n) is 3.71. The van der Waals surface area contributed by atoms with E-state index in [-0.39, 0.29) is 12.1 Å². The van der Waals surface area contributed by atoms with E-state index in [1.165, 1.54) is 0 Å². The zero-order chi connectivity index (χ0) is 8.27. The Hall–Kier alpha value is -1.05. The summed E-state index contributed by atoms with van der Waals surface area (Å²) >= 11 is 0. The number of hydrogen-bond acceptors (Lipinski definition) is 2. The lowest BCUT2D eigenvalue weighted by Crippen LogP contribution is -2.15. The van der Waals surface area contributed by atoms with Gasteiger partial charge < -0.3 is 4.74 Å². The Balaban J connectivity index is 2.31. The van der Waals surface area contributed by atoms with Gasteiger partial charge >= 0.3 is 5.97 Å². The highest BCUT2D eigenvalue weighted by atomic mass is 16.5. The van der Waals surface area contributed by atoms with Crippen molar-refractivity contribution in [3.05, 3.63) is 24.3 Å². The van der Waals surface area contributed by atoms with Gasteiger partial charge in [-0.2, -0.15) is 0 Å². The number of ether oxygens (including phenoxy) is 1. The molecule has 0 aromatic carbocycles. The molecule has 60 valence electrons. The fourth-order valence-corrected chi connectivity index (χ4v) is 0.940. The monoisotopic (exact) mass is 152 g/mol. The molecule has 0 aliphatic heterocycles. The van der Waals surface area contributed by atoms with Gasteiger partial charge in [-0.1, -0.05) is 18.7 Å². The highest BCUT2D eigenvalue weighted by molar-refractivity contribution is 5.87. The highest BCUT2D eigenvalue weighted by Gasteiger charge is 2.14. The zero-order valence-electron chi connectivity index (χ0n) is 6.67. The zero-order valence-corrected chi connectivity index (χ0v) is 6.67. The van der Waals surface area contributed by atoms with Crippen LogP contribution in [0.25, 0.3) is 0 Å².